The van der Waals surface area contributed by atoms with Crippen molar-refractivity contribution in [3.05, 3.63) is 0 Å². The van der Waals surface area contributed by atoms with Crippen molar-refractivity contribution in [2.75, 3.05) is 0 Å². The molecule has 1 fully saturated rings. The van der Waals surface area contributed by atoms with E-state index in [1.807, 2.05) is 13.8 Å². The second-order valence-corrected chi connectivity index (χ2v) is 6.71. The van der Waals surface area contributed by atoms with Gasteiger partial charge < -0.3 is 11.1 Å². The third kappa shape index (κ3) is 3.95. The Kier molecular flexibility index (Phi) is 4.53. The molecule has 0 aromatic rings. The first-order valence-electron chi connectivity index (χ1n) is 6.32. The van der Waals surface area contributed by atoms with Gasteiger partial charge in [-0.15, -0.1) is 0 Å². The molecule has 0 aromatic carbocycles. The highest BCUT2D eigenvalue weighted by Crippen LogP contribution is 2.37. The van der Waals surface area contributed by atoms with Crippen LogP contribution in [0.5, 0.6) is 0 Å². The fourth-order valence-corrected chi connectivity index (χ4v) is 2.99. The summed E-state index contributed by atoms with van der Waals surface area (Å²) in [5.74, 6) is -0.189. The summed E-state index contributed by atoms with van der Waals surface area (Å²) in [5, 5.41) is 3.09. The number of rotatable bonds is 4. The number of carbonyl (C=O) groups is 1. The smallest absolute Gasteiger partial charge is 0.230 e. The lowest BCUT2D eigenvalue weighted by Gasteiger charge is -2.22. The summed E-state index contributed by atoms with van der Waals surface area (Å²) in [5.41, 5.74) is 5.98. The van der Waals surface area contributed by atoms with Crippen LogP contribution in [0.4, 0.5) is 0 Å². The van der Waals surface area contributed by atoms with E-state index >= 15 is 0 Å². The molecular formula is C13H24N2OS. The summed E-state index contributed by atoms with van der Waals surface area (Å²) in [7, 11) is 0. The van der Waals surface area contributed by atoms with Gasteiger partial charge in [0.25, 0.3) is 0 Å². The van der Waals surface area contributed by atoms with Crippen LogP contribution in [0.15, 0.2) is 0 Å². The first kappa shape index (κ1) is 14.4. The predicted octanol–water partition coefficient (Wildman–Crippen LogP) is 2.24. The largest absolute Gasteiger partial charge is 0.393 e. The number of hydrogen-bond acceptors (Lipinski definition) is 2. The van der Waals surface area contributed by atoms with Gasteiger partial charge in [-0.2, -0.15) is 0 Å². The molecule has 2 unspecified atom stereocenters. The van der Waals surface area contributed by atoms with Gasteiger partial charge in [-0.3, -0.25) is 4.79 Å². The molecule has 3 N–H and O–H groups in total. The molecule has 0 aromatic heterocycles. The third-order valence-electron chi connectivity index (χ3n) is 3.57. The Balaban J connectivity index is 2.57. The summed E-state index contributed by atoms with van der Waals surface area (Å²) in [6.07, 6.45) is 3.26. The monoisotopic (exact) mass is 256 g/mol. The van der Waals surface area contributed by atoms with Crippen molar-refractivity contribution in [2.45, 2.75) is 53.0 Å². The second-order valence-electron chi connectivity index (χ2n) is 6.24. The Morgan fingerprint density at radius 3 is 2.41 bits per heavy atom. The molecule has 3 nitrogen and oxygen atoms in total. The summed E-state index contributed by atoms with van der Waals surface area (Å²) in [4.78, 5) is 12.4. The predicted molar refractivity (Wildman–Crippen MR) is 74.7 cm³/mol. The fourth-order valence-electron chi connectivity index (χ4n) is 2.61. The first-order chi connectivity index (χ1) is 7.73. The molecule has 4 heteroatoms. The Morgan fingerprint density at radius 2 is 2.06 bits per heavy atom. The number of nitrogens with one attached hydrogen (secondary N) is 1. The number of nitrogens with two attached hydrogens (primary N) is 1. The van der Waals surface area contributed by atoms with Gasteiger partial charge in [-0.1, -0.05) is 39.9 Å². The molecule has 0 saturated heterocycles. The van der Waals surface area contributed by atoms with Crippen LogP contribution in [0.2, 0.25) is 0 Å². The lowest BCUT2D eigenvalue weighted by molar-refractivity contribution is -0.124. The Morgan fingerprint density at radius 1 is 1.47 bits per heavy atom. The molecule has 1 saturated carbocycles. The number of thiocarbonyl (C=S) groups is 1. The van der Waals surface area contributed by atoms with Crippen molar-refractivity contribution < 1.29 is 4.79 Å². The highest BCUT2D eigenvalue weighted by Gasteiger charge is 2.34. The minimum Gasteiger partial charge on any atom is -0.393 e. The Bertz CT molecular complexity index is 313. The molecule has 1 aliphatic rings. The van der Waals surface area contributed by atoms with Crippen LogP contribution in [-0.4, -0.2) is 16.9 Å². The average Bonchev–Trinajstić information content (AvgIpc) is 2.43. The summed E-state index contributed by atoms with van der Waals surface area (Å²) in [6, 6.07) is 0.285. The van der Waals surface area contributed by atoms with Crippen LogP contribution in [0.3, 0.4) is 0 Å². The van der Waals surface area contributed by atoms with E-state index in [2.05, 4.69) is 19.2 Å². The lowest BCUT2D eigenvalue weighted by Crippen LogP contribution is -2.44. The van der Waals surface area contributed by atoms with E-state index in [4.69, 9.17) is 18.0 Å². The van der Waals surface area contributed by atoms with Crippen molar-refractivity contribution in [2.24, 2.45) is 23.0 Å². The lowest BCUT2D eigenvalue weighted by atomic mass is 9.91. The molecule has 98 valence electrons. The second kappa shape index (κ2) is 5.34. The minimum atomic E-state index is -0.339. The normalized spacial score (nSPS) is 24.6. The molecule has 0 heterocycles. The van der Waals surface area contributed by atoms with Crippen molar-refractivity contribution in [1.29, 1.82) is 0 Å². The van der Waals surface area contributed by atoms with Crippen molar-refractivity contribution in [3.8, 4) is 0 Å². The maximum atomic E-state index is 12.1. The molecule has 0 aliphatic heterocycles. The fraction of sp³-hybridized carbons (Fsp3) is 0.846. The Hall–Kier alpha value is -0.640. The van der Waals surface area contributed by atoms with Gasteiger partial charge in [-0.25, -0.2) is 0 Å². The summed E-state index contributed by atoms with van der Waals surface area (Å²) >= 11 is 4.97. The van der Waals surface area contributed by atoms with Crippen molar-refractivity contribution in [1.82, 2.24) is 5.32 Å². The summed E-state index contributed by atoms with van der Waals surface area (Å²) < 4.78 is 0. The number of amides is 1. The van der Waals surface area contributed by atoms with Crippen LogP contribution in [-0.2, 0) is 4.79 Å². The SMILES string of the molecule is CC(C)C(C(=O)NC1CCC(C)(C)C1)C(N)=S. The molecule has 0 spiro atoms. The van der Waals surface area contributed by atoms with Gasteiger partial charge in [0.1, 0.15) is 0 Å². The highest BCUT2D eigenvalue weighted by atomic mass is 32.1. The molecule has 0 radical (unpaired) electrons. The number of hydrogen-bond donors (Lipinski definition) is 2. The van der Waals surface area contributed by atoms with Crippen LogP contribution in [0.25, 0.3) is 0 Å². The van der Waals surface area contributed by atoms with E-state index in [1.165, 1.54) is 0 Å². The van der Waals surface area contributed by atoms with Gasteiger partial charge in [0.2, 0.25) is 5.91 Å². The summed E-state index contributed by atoms with van der Waals surface area (Å²) in [6.45, 7) is 8.43. The Labute approximate surface area is 110 Å². The standard InChI is InChI=1S/C13H24N2OS/c1-8(2)10(11(14)17)12(16)15-9-5-6-13(3,4)7-9/h8-10H,5-7H2,1-4H3,(H2,14,17)(H,15,16). The molecule has 2 atom stereocenters. The molecule has 1 amide bonds. The zero-order valence-corrected chi connectivity index (χ0v) is 12.1. The molecule has 0 bridgehead atoms. The zero-order chi connectivity index (χ0) is 13.2. The topological polar surface area (TPSA) is 55.1 Å². The van der Waals surface area contributed by atoms with Crippen LogP contribution in [0, 0.1) is 17.3 Å². The quantitative estimate of drug-likeness (QED) is 0.759. The van der Waals surface area contributed by atoms with E-state index in [0.717, 1.165) is 19.3 Å². The van der Waals surface area contributed by atoms with Crippen molar-refractivity contribution >= 4 is 23.1 Å². The van der Waals surface area contributed by atoms with E-state index in [0.29, 0.717) is 10.4 Å². The molecule has 1 aliphatic carbocycles. The van der Waals surface area contributed by atoms with Crippen molar-refractivity contribution in [3.63, 3.8) is 0 Å². The van der Waals surface area contributed by atoms with Crippen LogP contribution < -0.4 is 11.1 Å². The average molecular weight is 256 g/mol. The van der Waals surface area contributed by atoms with Gasteiger partial charge >= 0.3 is 0 Å². The van der Waals surface area contributed by atoms with Crippen LogP contribution in [0.1, 0.15) is 47.0 Å². The van der Waals surface area contributed by atoms with Gasteiger partial charge in [0.15, 0.2) is 0 Å². The number of carbonyl (C=O) groups excluding carboxylic acids is 1. The molecule has 1 rings (SSSR count). The zero-order valence-electron chi connectivity index (χ0n) is 11.2. The van der Waals surface area contributed by atoms with Crippen LogP contribution >= 0.6 is 12.2 Å². The maximum Gasteiger partial charge on any atom is 0.230 e. The molecular weight excluding hydrogens is 232 g/mol. The van der Waals surface area contributed by atoms with E-state index in [1.54, 1.807) is 0 Å². The third-order valence-corrected chi connectivity index (χ3v) is 3.82. The maximum absolute atomic E-state index is 12.1. The first-order valence-corrected chi connectivity index (χ1v) is 6.73. The van der Waals surface area contributed by atoms with Gasteiger partial charge in [0, 0.05) is 6.04 Å². The van der Waals surface area contributed by atoms with Gasteiger partial charge in [-0.05, 0) is 30.6 Å². The van der Waals surface area contributed by atoms with E-state index in [9.17, 15) is 4.79 Å². The van der Waals surface area contributed by atoms with Gasteiger partial charge in [0.05, 0.1) is 10.9 Å². The van der Waals surface area contributed by atoms with E-state index in [-0.39, 0.29) is 23.8 Å². The minimum absolute atomic E-state index is 0.00444. The highest BCUT2D eigenvalue weighted by molar-refractivity contribution is 7.80. The molecule has 17 heavy (non-hydrogen) atoms. The van der Waals surface area contributed by atoms with E-state index < -0.39 is 0 Å².